The summed E-state index contributed by atoms with van der Waals surface area (Å²) in [5, 5.41) is 0. The third-order valence-corrected chi connectivity index (χ3v) is 6.50. The van der Waals surface area contributed by atoms with E-state index in [-0.39, 0.29) is 0 Å². The highest BCUT2D eigenvalue weighted by molar-refractivity contribution is 5.45. The molecule has 5 rings (SSSR count). The molecule has 0 bridgehead atoms. The molecule has 1 aromatic carbocycles. The third kappa shape index (κ3) is 4.15. The summed E-state index contributed by atoms with van der Waals surface area (Å²) >= 11 is 0. The zero-order valence-corrected chi connectivity index (χ0v) is 17.0. The lowest BCUT2D eigenvalue weighted by Crippen LogP contribution is -2.37. The summed E-state index contributed by atoms with van der Waals surface area (Å²) in [6, 6.07) is 7.22. The largest absolute Gasteiger partial charge is 0.494 e. The molecule has 0 spiro atoms. The quantitative estimate of drug-likeness (QED) is 0.703. The number of benzene rings is 1. The van der Waals surface area contributed by atoms with Gasteiger partial charge in [-0.05, 0) is 49.1 Å². The normalized spacial score (nSPS) is 24.8. The molecule has 2 aromatic rings. The van der Waals surface area contributed by atoms with Gasteiger partial charge < -0.3 is 9.47 Å². The van der Waals surface area contributed by atoms with E-state index in [1.807, 2.05) is 6.20 Å². The van der Waals surface area contributed by atoms with Crippen LogP contribution in [0.1, 0.15) is 48.0 Å². The fourth-order valence-electron chi connectivity index (χ4n) is 5.02. The van der Waals surface area contributed by atoms with E-state index < -0.39 is 0 Å². The van der Waals surface area contributed by atoms with Crippen LogP contribution in [0.3, 0.4) is 0 Å². The second-order valence-electron chi connectivity index (χ2n) is 8.28. The van der Waals surface area contributed by atoms with Crippen molar-refractivity contribution in [1.82, 2.24) is 19.8 Å². The number of hydrogen-bond donors (Lipinski definition) is 0. The summed E-state index contributed by atoms with van der Waals surface area (Å²) < 4.78 is 11.6. The van der Waals surface area contributed by atoms with Gasteiger partial charge in [-0.2, -0.15) is 0 Å². The van der Waals surface area contributed by atoms with Crippen LogP contribution in [0.5, 0.6) is 5.75 Å². The molecular weight excluding hydrogens is 364 g/mol. The Morgan fingerprint density at radius 2 is 2.03 bits per heavy atom. The van der Waals surface area contributed by atoms with E-state index in [2.05, 4.69) is 38.0 Å². The first-order chi connectivity index (χ1) is 14.4. The number of aromatic nitrogens is 2. The Morgan fingerprint density at radius 3 is 2.90 bits per heavy atom. The molecule has 0 N–H and O–H groups in total. The standard InChI is InChI=1S/C23H30N4O2/c1-3-23-20-15-18(29-12-2-8-26-10-13-28-14-11-26)4-5-19(20)21(17-27(23)9-1)22-16-24-6-7-25-22/h4-7,15-16,21,23H,1-3,8-14,17H2/t21-,23+/m0/s1. The molecule has 154 valence electrons. The summed E-state index contributed by atoms with van der Waals surface area (Å²) in [7, 11) is 0. The van der Waals surface area contributed by atoms with Crippen LogP contribution in [-0.4, -0.2) is 72.3 Å². The lowest BCUT2D eigenvalue weighted by Gasteiger charge is -2.37. The lowest BCUT2D eigenvalue weighted by molar-refractivity contribution is 0.0358. The topological polar surface area (TPSA) is 50.7 Å². The molecule has 2 saturated heterocycles. The number of fused-ring (bicyclic) bond motifs is 3. The van der Waals surface area contributed by atoms with Gasteiger partial charge in [0, 0.05) is 56.7 Å². The maximum Gasteiger partial charge on any atom is 0.119 e. The first-order valence-electron chi connectivity index (χ1n) is 11.0. The molecule has 0 unspecified atom stereocenters. The molecule has 29 heavy (non-hydrogen) atoms. The molecule has 6 heteroatoms. The maximum absolute atomic E-state index is 6.15. The minimum absolute atomic E-state index is 0.295. The minimum Gasteiger partial charge on any atom is -0.494 e. The van der Waals surface area contributed by atoms with Crippen LogP contribution in [-0.2, 0) is 4.74 Å². The minimum atomic E-state index is 0.295. The molecule has 0 saturated carbocycles. The Labute approximate surface area is 172 Å². The molecule has 0 amide bonds. The second kappa shape index (κ2) is 8.78. The van der Waals surface area contributed by atoms with E-state index in [1.165, 1.54) is 30.5 Å². The molecule has 0 aliphatic carbocycles. The van der Waals surface area contributed by atoms with Gasteiger partial charge in [0.05, 0.1) is 25.5 Å². The van der Waals surface area contributed by atoms with Crippen molar-refractivity contribution in [3.8, 4) is 5.75 Å². The fourth-order valence-corrected chi connectivity index (χ4v) is 5.02. The van der Waals surface area contributed by atoms with E-state index >= 15 is 0 Å². The van der Waals surface area contributed by atoms with Crippen molar-refractivity contribution in [3.63, 3.8) is 0 Å². The predicted octanol–water partition coefficient (Wildman–Crippen LogP) is 2.86. The van der Waals surface area contributed by atoms with Gasteiger partial charge in [0.1, 0.15) is 5.75 Å². The zero-order valence-electron chi connectivity index (χ0n) is 17.0. The highest BCUT2D eigenvalue weighted by atomic mass is 16.5. The third-order valence-electron chi connectivity index (χ3n) is 6.50. The van der Waals surface area contributed by atoms with E-state index in [0.29, 0.717) is 12.0 Å². The summed E-state index contributed by atoms with van der Waals surface area (Å²) in [4.78, 5) is 14.0. The second-order valence-corrected chi connectivity index (χ2v) is 8.28. The monoisotopic (exact) mass is 394 g/mol. The van der Waals surface area contributed by atoms with Crippen molar-refractivity contribution in [3.05, 3.63) is 53.6 Å². The summed E-state index contributed by atoms with van der Waals surface area (Å²) in [6.45, 7) is 7.85. The van der Waals surface area contributed by atoms with Gasteiger partial charge in [0.2, 0.25) is 0 Å². The molecule has 3 aliphatic heterocycles. The molecule has 6 nitrogen and oxygen atoms in total. The maximum atomic E-state index is 6.15. The number of hydrogen-bond acceptors (Lipinski definition) is 6. The Kier molecular flexibility index (Phi) is 5.74. The van der Waals surface area contributed by atoms with Crippen LogP contribution in [0, 0.1) is 0 Å². The number of morpholine rings is 1. The van der Waals surface area contributed by atoms with Crippen molar-refractivity contribution in [2.45, 2.75) is 31.2 Å². The Bertz CT molecular complexity index is 810. The number of rotatable bonds is 6. The Morgan fingerprint density at radius 1 is 1.10 bits per heavy atom. The van der Waals surface area contributed by atoms with Crippen molar-refractivity contribution in [1.29, 1.82) is 0 Å². The van der Waals surface area contributed by atoms with Crippen molar-refractivity contribution in [2.75, 3.05) is 52.5 Å². The first-order valence-corrected chi connectivity index (χ1v) is 11.0. The number of ether oxygens (including phenoxy) is 2. The highest BCUT2D eigenvalue weighted by Crippen LogP contribution is 2.44. The molecular formula is C23H30N4O2. The lowest BCUT2D eigenvalue weighted by atomic mass is 9.83. The average Bonchev–Trinajstić information content (AvgIpc) is 3.26. The summed E-state index contributed by atoms with van der Waals surface area (Å²) in [5.74, 6) is 1.29. The molecule has 2 atom stereocenters. The Hall–Kier alpha value is -2.02. The molecule has 3 aliphatic rings. The van der Waals surface area contributed by atoms with Gasteiger partial charge in [0.25, 0.3) is 0 Å². The van der Waals surface area contributed by atoms with Crippen LogP contribution >= 0.6 is 0 Å². The highest BCUT2D eigenvalue weighted by Gasteiger charge is 2.37. The van der Waals surface area contributed by atoms with Crippen molar-refractivity contribution < 1.29 is 9.47 Å². The first kappa shape index (κ1) is 19.0. The van der Waals surface area contributed by atoms with Crippen LogP contribution in [0.15, 0.2) is 36.8 Å². The van der Waals surface area contributed by atoms with Crippen LogP contribution in [0.4, 0.5) is 0 Å². The molecule has 1 aromatic heterocycles. The van der Waals surface area contributed by atoms with Gasteiger partial charge in [-0.25, -0.2) is 0 Å². The van der Waals surface area contributed by atoms with Crippen molar-refractivity contribution >= 4 is 0 Å². The fraction of sp³-hybridized carbons (Fsp3) is 0.565. The summed E-state index contributed by atoms with van der Waals surface area (Å²) in [6.07, 6.45) is 9.02. The van der Waals surface area contributed by atoms with Gasteiger partial charge in [-0.1, -0.05) is 6.07 Å². The number of nitrogens with zero attached hydrogens (tertiary/aromatic N) is 4. The zero-order chi connectivity index (χ0) is 19.5. The SMILES string of the molecule is c1cnc([C@H]2CN3CCC[C@@H]3c3cc(OCCCN4CCOCC4)ccc32)cn1. The average molecular weight is 395 g/mol. The van der Waals surface area contributed by atoms with Gasteiger partial charge in [-0.15, -0.1) is 0 Å². The summed E-state index contributed by atoms with van der Waals surface area (Å²) in [5.41, 5.74) is 3.89. The Balaban J connectivity index is 1.29. The van der Waals surface area contributed by atoms with Gasteiger partial charge >= 0.3 is 0 Å². The van der Waals surface area contributed by atoms with Gasteiger partial charge in [0.15, 0.2) is 0 Å². The smallest absolute Gasteiger partial charge is 0.119 e. The van der Waals surface area contributed by atoms with Crippen LogP contribution in [0.2, 0.25) is 0 Å². The van der Waals surface area contributed by atoms with E-state index in [0.717, 1.165) is 63.9 Å². The van der Waals surface area contributed by atoms with Crippen LogP contribution in [0.25, 0.3) is 0 Å². The van der Waals surface area contributed by atoms with Crippen molar-refractivity contribution in [2.24, 2.45) is 0 Å². The molecule has 2 fully saturated rings. The van der Waals surface area contributed by atoms with Gasteiger partial charge in [-0.3, -0.25) is 19.8 Å². The molecule has 4 heterocycles. The van der Waals surface area contributed by atoms with E-state index in [9.17, 15) is 0 Å². The van der Waals surface area contributed by atoms with Crippen LogP contribution < -0.4 is 4.74 Å². The van der Waals surface area contributed by atoms with E-state index in [4.69, 9.17) is 9.47 Å². The predicted molar refractivity (Wildman–Crippen MR) is 111 cm³/mol. The van der Waals surface area contributed by atoms with E-state index in [1.54, 1.807) is 12.4 Å². The molecule has 0 radical (unpaired) electrons.